The molecular weight excluding hydrogens is 344 g/mol. The van der Waals surface area contributed by atoms with Gasteiger partial charge in [0.1, 0.15) is 12.6 Å². The molecule has 0 aliphatic heterocycles. The summed E-state index contributed by atoms with van der Waals surface area (Å²) in [5, 5.41) is 14.0. The summed E-state index contributed by atoms with van der Waals surface area (Å²) in [6.07, 6.45) is 0.836. The molecule has 0 aliphatic carbocycles. The number of hydrogen-bond donors (Lipinski definition) is 1. The van der Waals surface area contributed by atoms with E-state index >= 15 is 0 Å². The lowest BCUT2D eigenvalue weighted by Crippen LogP contribution is -2.42. The average molecular weight is 361 g/mol. The maximum absolute atomic E-state index is 11.6. The number of para-hydroxylation sites is 1. The minimum atomic E-state index is -0.679. The van der Waals surface area contributed by atoms with E-state index in [4.69, 9.17) is 4.74 Å². The number of ether oxygens (including phenoxy) is 2. The molecule has 0 bridgehead atoms. The van der Waals surface area contributed by atoms with Crippen LogP contribution in [0.2, 0.25) is 0 Å². The Hall–Kier alpha value is -1.67. The quantitative estimate of drug-likeness (QED) is 0.434. The van der Waals surface area contributed by atoms with E-state index in [2.05, 4.69) is 26.0 Å². The van der Waals surface area contributed by atoms with E-state index < -0.39 is 16.9 Å². The molecule has 0 aromatic heterocycles. The molecule has 21 heavy (non-hydrogen) atoms. The smallest absolute Gasteiger partial charge is 0.326 e. The molecule has 1 unspecified atom stereocenters. The number of halogens is 1. The first-order valence-electron chi connectivity index (χ1n) is 6.38. The minimum Gasteiger partial charge on any atom is -0.484 e. The number of benzene rings is 1. The summed E-state index contributed by atoms with van der Waals surface area (Å²) in [7, 11) is 1.28. The molecule has 0 spiro atoms. The number of rotatable bonds is 8. The molecule has 7 nitrogen and oxygen atoms in total. The molecule has 0 fully saturated rings. The van der Waals surface area contributed by atoms with E-state index in [0.29, 0.717) is 11.0 Å². The molecule has 1 aromatic carbocycles. The third kappa shape index (κ3) is 4.98. The molecule has 0 amide bonds. The van der Waals surface area contributed by atoms with Crippen molar-refractivity contribution in [3.05, 3.63) is 32.8 Å². The van der Waals surface area contributed by atoms with Crippen LogP contribution in [0.4, 0.5) is 5.69 Å². The molecule has 0 heterocycles. The molecule has 0 aliphatic rings. The highest BCUT2D eigenvalue weighted by atomic mass is 79.9. The van der Waals surface area contributed by atoms with Crippen molar-refractivity contribution >= 4 is 27.6 Å². The summed E-state index contributed by atoms with van der Waals surface area (Å²) in [4.78, 5) is 22.1. The maximum atomic E-state index is 11.6. The fourth-order valence-electron chi connectivity index (χ4n) is 1.62. The number of carbonyl (C=O) groups excluding carboxylic acids is 1. The van der Waals surface area contributed by atoms with E-state index in [1.165, 1.54) is 13.2 Å². The van der Waals surface area contributed by atoms with Gasteiger partial charge in [0, 0.05) is 6.07 Å². The van der Waals surface area contributed by atoms with Crippen molar-refractivity contribution < 1.29 is 19.2 Å². The molecule has 8 heteroatoms. The standard InChI is InChI=1S/C13H17BrN2O5/c1-3-7-15-10(13(17)20-2)8-21-12-9(14)5-4-6-11(12)16(18)19/h4-6,10,15H,3,7-8H2,1-2H3. The van der Waals surface area contributed by atoms with Crippen LogP contribution in [-0.2, 0) is 9.53 Å². The van der Waals surface area contributed by atoms with Gasteiger partial charge in [0.2, 0.25) is 5.75 Å². The maximum Gasteiger partial charge on any atom is 0.326 e. The zero-order valence-corrected chi connectivity index (χ0v) is 13.4. The van der Waals surface area contributed by atoms with Gasteiger partial charge in [-0.1, -0.05) is 13.0 Å². The van der Waals surface area contributed by atoms with Gasteiger partial charge in [-0.15, -0.1) is 0 Å². The summed E-state index contributed by atoms with van der Waals surface area (Å²) >= 11 is 3.21. The second kappa shape index (κ2) is 8.58. The highest BCUT2D eigenvalue weighted by Crippen LogP contribution is 2.34. The van der Waals surface area contributed by atoms with Crippen molar-refractivity contribution in [2.75, 3.05) is 20.3 Å². The summed E-state index contributed by atoms with van der Waals surface area (Å²) in [6, 6.07) is 3.84. The molecule has 116 valence electrons. The number of methoxy groups -OCH3 is 1. The Morgan fingerprint density at radius 3 is 2.81 bits per heavy atom. The molecular formula is C13H17BrN2O5. The van der Waals surface area contributed by atoms with Gasteiger partial charge in [-0.2, -0.15) is 0 Å². The second-order valence-corrected chi connectivity index (χ2v) is 5.04. The van der Waals surface area contributed by atoms with E-state index in [1.54, 1.807) is 12.1 Å². The van der Waals surface area contributed by atoms with Gasteiger partial charge >= 0.3 is 11.7 Å². The molecule has 0 saturated carbocycles. The summed E-state index contributed by atoms with van der Waals surface area (Å²) in [6.45, 7) is 2.51. The van der Waals surface area contributed by atoms with Crippen molar-refractivity contribution in [1.29, 1.82) is 0 Å². The Morgan fingerprint density at radius 1 is 1.52 bits per heavy atom. The Kier molecular flexibility index (Phi) is 7.10. The first kappa shape index (κ1) is 17.4. The predicted molar refractivity (Wildman–Crippen MR) is 80.4 cm³/mol. The van der Waals surface area contributed by atoms with Crippen LogP contribution in [0.1, 0.15) is 13.3 Å². The van der Waals surface area contributed by atoms with Crippen molar-refractivity contribution in [2.24, 2.45) is 0 Å². The Labute approximate surface area is 130 Å². The lowest BCUT2D eigenvalue weighted by molar-refractivity contribution is -0.386. The van der Waals surface area contributed by atoms with Crippen molar-refractivity contribution in [2.45, 2.75) is 19.4 Å². The third-order valence-corrected chi connectivity index (χ3v) is 3.29. The topological polar surface area (TPSA) is 90.7 Å². The van der Waals surface area contributed by atoms with Crippen LogP contribution in [-0.4, -0.2) is 37.2 Å². The summed E-state index contributed by atoms with van der Waals surface area (Å²) in [5.41, 5.74) is -0.163. The van der Waals surface area contributed by atoms with Gasteiger partial charge in [-0.05, 0) is 35.0 Å². The highest BCUT2D eigenvalue weighted by Gasteiger charge is 2.23. The zero-order valence-electron chi connectivity index (χ0n) is 11.8. The van der Waals surface area contributed by atoms with Gasteiger partial charge in [-0.25, -0.2) is 0 Å². The molecule has 1 aromatic rings. The first-order chi connectivity index (χ1) is 10.0. The van der Waals surface area contributed by atoms with Crippen LogP contribution in [0.25, 0.3) is 0 Å². The number of nitrogens with zero attached hydrogens (tertiary/aromatic N) is 1. The van der Waals surface area contributed by atoms with Crippen molar-refractivity contribution in [1.82, 2.24) is 5.32 Å². The van der Waals surface area contributed by atoms with Crippen LogP contribution in [0.5, 0.6) is 5.75 Å². The number of hydrogen-bond acceptors (Lipinski definition) is 6. The van der Waals surface area contributed by atoms with Gasteiger partial charge in [0.15, 0.2) is 0 Å². The van der Waals surface area contributed by atoms with Crippen molar-refractivity contribution in [3.8, 4) is 5.75 Å². The number of carbonyl (C=O) groups is 1. The van der Waals surface area contributed by atoms with E-state index in [-0.39, 0.29) is 18.0 Å². The molecule has 1 rings (SSSR count). The summed E-state index contributed by atoms with van der Waals surface area (Å²) in [5.74, 6) is -0.382. The van der Waals surface area contributed by atoms with Gasteiger partial charge < -0.3 is 14.8 Å². The number of nitro groups is 1. The second-order valence-electron chi connectivity index (χ2n) is 4.19. The Balaban J connectivity index is 2.84. The van der Waals surface area contributed by atoms with Crippen LogP contribution < -0.4 is 10.1 Å². The number of nitro benzene ring substituents is 1. The highest BCUT2D eigenvalue weighted by molar-refractivity contribution is 9.10. The number of nitrogens with one attached hydrogen (secondary N) is 1. The van der Waals surface area contributed by atoms with E-state index in [0.717, 1.165) is 6.42 Å². The monoisotopic (exact) mass is 360 g/mol. The molecule has 1 atom stereocenters. The van der Waals surface area contributed by atoms with Crippen LogP contribution in [0, 0.1) is 10.1 Å². The molecule has 0 saturated heterocycles. The van der Waals surface area contributed by atoms with Gasteiger partial charge in [0.25, 0.3) is 0 Å². The van der Waals surface area contributed by atoms with Gasteiger partial charge in [-0.3, -0.25) is 14.9 Å². The van der Waals surface area contributed by atoms with Crippen LogP contribution in [0.3, 0.4) is 0 Å². The molecule has 1 N–H and O–H groups in total. The van der Waals surface area contributed by atoms with Crippen molar-refractivity contribution in [3.63, 3.8) is 0 Å². The fraction of sp³-hybridized carbons (Fsp3) is 0.462. The van der Waals surface area contributed by atoms with Crippen LogP contribution in [0.15, 0.2) is 22.7 Å². The average Bonchev–Trinajstić information content (AvgIpc) is 2.47. The minimum absolute atomic E-state index is 0.0594. The fourth-order valence-corrected chi connectivity index (χ4v) is 2.09. The molecule has 0 radical (unpaired) electrons. The van der Waals surface area contributed by atoms with Crippen LogP contribution >= 0.6 is 15.9 Å². The SMILES string of the molecule is CCCNC(COc1c(Br)cccc1[N+](=O)[O-])C(=O)OC. The van der Waals surface area contributed by atoms with Gasteiger partial charge in [0.05, 0.1) is 16.5 Å². The number of esters is 1. The normalized spacial score (nSPS) is 11.8. The lowest BCUT2D eigenvalue weighted by atomic mass is 10.2. The largest absolute Gasteiger partial charge is 0.484 e. The summed E-state index contributed by atoms with van der Waals surface area (Å²) < 4.78 is 10.6. The van der Waals surface area contributed by atoms with E-state index in [1.807, 2.05) is 6.92 Å². The Bertz CT molecular complexity index is 509. The first-order valence-corrected chi connectivity index (χ1v) is 7.17. The zero-order chi connectivity index (χ0) is 15.8. The third-order valence-electron chi connectivity index (χ3n) is 2.66. The Morgan fingerprint density at radius 2 is 2.24 bits per heavy atom. The lowest BCUT2D eigenvalue weighted by Gasteiger charge is -2.17. The van der Waals surface area contributed by atoms with E-state index in [9.17, 15) is 14.9 Å². The predicted octanol–water partition coefficient (Wildman–Crippen LogP) is 2.28.